The van der Waals surface area contributed by atoms with Crippen molar-refractivity contribution in [3.63, 3.8) is 0 Å². The van der Waals surface area contributed by atoms with Crippen molar-refractivity contribution in [2.75, 3.05) is 29.5 Å². The Labute approximate surface area is 113 Å². The van der Waals surface area contributed by atoms with E-state index in [4.69, 9.17) is 5.73 Å². The third-order valence-corrected chi connectivity index (χ3v) is 4.38. The van der Waals surface area contributed by atoms with Crippen LogP contribution >= 0.6 is 11.8 Å². The Balaban J connectivity index is 2.06. The minimum Gasteiger partial charge on any atom is -0.368 e. The molecule has 18 heavy (non-hydrogen) atoms. The van der Waals surface area contributed by atoms with Gasteiger partial charge in [-0.05, 0) is 18.8 Å². The van der Waals surface area contributed by atoms with Gasteiger partial charge in [0.25, 0.3) is 0 Å². The molecular weight excluding hydrogens is 246 g/mol. The quantitative estimate of drug-likeness (QED) is 0.825. The second kappa shape index (κ2) is 6.22. The van der Waals surface area contributed by atoms with E-state index in [1.807, 2.05) is 0 Å². The van der Waals surface area contributed by atoms with Gasteiger partial charge in [-0.15, -0.1) is 0 Å². The molecule has 0 saturated carbocycles. The third-order valence-electron chi connectivity index (χ3n) is 3.20. The first kappa shape index (κ1) is 13.4. The van der Waals surface area contributed by atoms with E-state index < -0.39 is 0 Å². The number of hydrogen-bond acceptors (Lipinski definition) is 6. The topological polar surface area (TPSA) is 67.9 Å². The predicted octanol–water partition coefficient (Wildman–Crippen LogP) is 2.19. The summed E-state index contributed by atoms with van der Waals surface area (Å²) in [5.74, 6) is 2.77. The molecule has 1 aromatic heterocycles. The van der Waals surface area contributed by atoms with Crippen molar-refractivity contribution in [1.29, 1.82) is 0 Å². The SMILES string of the molecule is CCC(C)CSc1nc(N)nc(N2CCCC2)n1. The van der Waals surface area contributed by atoms with Gasteiger partial charge in [0, 0.05) is 18.8 Å². The summed E-state index contributed by atoms with van der Waals surface area (Å²) < 4.78 is 0. The number of nitrogens with zero attached hydrogens (tertiary/aromatic N) is 4. The molecule has 0 spiro atoms. The molecule has 6 heteroatoms. The van der Waals surface area contributed by atoms with Gasteiger partial charge in [0.05, 0.1) is 0 Å². The zero-order valence-corrected chi connectivity index (χ0v) is 11.9. The first-order valence-corrected chi connectivity index (χ1v) is 7.57. The molecule has 1 unspecified atom stereocenters. The summed E-state index contributed by atoms with van der Waals surface area (Å²) in [7, 11) is 0. The van der Waals surface area contributed by atoms with E-state index in [-0.39, 0.29) is 0 Å². The number of aromatic nitrogens is 3. The van der Waals surface area contributed by atoms with E-state index in [2.05, 4.69) is 33.7 Å². The molecule has 1 fully saturated rings. The van der Waals surface area contributed by atoms with Gasteiger partial charge in [0.2, 0.25) is 11.9 Å². The maximum absolute atomic E-state index is 5.76. The highest BCUT2D eigenvalue weighted by Gasteiger charge is 2.17. The van der Waals surface area contributed by atoms with Gasteiger partial charge in [-0.1, -0.05) is 32.0 Å². The lowest BCUT2D eigenvalue weighted by atomic mass is 10.2. The van der Waals surface area contributed by atoms with Crippen molar-refractivity contribution in [2.24, 2.45) is 5.92 Å². The van der Waals surface area contributed by atoms with E-state index in [1.165, 1.54) is 19.3 Å². The van der Waals surface area contributed by atoms with Crippen LogP contribution in [0.15, 0.2) is 5.16 Å². The lowest BCUT2D eigenvalue weighted by Gasteiger charge is -2.15. The molecule has 1 aliphatic rings. The molecular formula is C12H21N5S. The molecule has 1 atom stereocenters. The van der Waals surface area contributed by atoms with Crippen molar-refractivity contribution in [3.8, 4) is 0 Å². The number of nitrogens with two attached hydrogens (primary N) is 1. The highest BCUT2D eigenvalue weighted by atomic mass is 32.2. The van der Waals surface area contributed by atoms with Crippen molar-refractivity contribution in [3.05, 3.63) is 0 Å². The molecule has 1 saturated heterocycles. The number of rotatable bonds is 5. The second-order valence-electron chi connectivity index (χ2n) is 4.79. The molecule has 0 aromatic carbocycles. The van der Waals surface area contributed by atoms with Crippen LogP contribution in [0.2, 0.25) is 0 Å². The summed E-state index contributed by atoms with van der Waals surface area (Å²) in [5.41, 5.74) is 5.76. The monoisotopic (exact) mass is 267 g/mol. The fraction of sp³-hybridized carbons (Fsp3) is 0.750. The minimum atomic E-state index is 0.332. The highest BCUT2D eigenvalue weighted by Crippen LogP contribution is 2.22. The lowest BCUT2D eigenvalue weighted by Crippen LogP contribution is -2.21. The van der Waals surface area contributed by atoms with Crippen LogP contribution in [0.4, 0.5) is 11.9 Å². The molecule has 2 N–H and O–H groups in total. The van der Waals surface area contributed by atoms with Crippen molar-refractivity contribution in [1.82, 2.24) is 15.0 Å². The smallest absolute Gasteiger partial charge is 0.231 e. The summed E-state index contributed by atoms with van der Waals surface area (Å²) in [6, 6.07) is 0. The highest BCUT2D eigenvalue weighted by molar-refractivity contribution is 7.99. The van der Waals surface area contributed by atoms with Crippen LogP contribution in [-0.4, -0.2) is 33.8 Å². The Bertz CT molecular complexity index is 392. The largest absolute Gasteiger partial charge is 0.368 e. The van der Waals surface area contributed by atoms with E-state index in [0.717, 1.165) is 29.9 Å². The van der Waals surface area contributed by atoms with Crippen LogP contribution in [0.3, 0.4) is 0 Å². The minimum absolute atomic E-state index is 0.332. The standard InChI is InChI=1S/C12H21N5S/c1-3-9(2)8-18-12-15-10(13)14-11(16-12)17-6-4-5-7-17/h9H,3-8H2,1-2H3,(H2,13,14,15,16). The zero-order valence-electron chi connectivity index (χ0n) is 11.1. The fourth-order valence-corrected chi connectivity index (χ4v) is 2.79. The van der Waals surface area contributed by atoms with E-state index in [0.29, 0.717) is 11.9 Å². The summed E-state index contributed by atoms with van der Waals surface area (Å²) in [5, 5.41) is 0.754. The molecule has 0 radical (unpaired) electrons. The second-order valence-corrected chi connectivity index (χ2v) is 5.78. The average Bonchev–Trinajstić information content (AvgIpc) is 2.89. The zero-order chi connectivity index (χ0) is 13.0. The first-order chi connectivity index (χ1) is 8.69. The van der Waals surface area contributed by atoms with Crippen molar-refractivity contribution in [2.45, 2.75) is 38.3 Å². The van der Waals surface area contributed by atoms with E-state index in [9.17, 15) is 0 Å². The normalized spacial score (nSPS) is 17.1. The summed E-state index contributed by atoms with van der Waals surface area (Å²) in [6.45, 7) is 6.49. The maximum atomic E-state index is 5.76. The number of thioether (sulfide) groups is 1. The molecule has 5 nitrogen and oxygen atoms in total. The molecule has 0 aliphatic carbocycles. The maximum Gasteiger partial charge on any atom is 0.231 e. The van der Waals surface area contributed by atoms with Crippen molar-refractivity contribution >= 4 is 23.7 Å². The molecule has 100 valence electrons. The van der Waals surface area contributed by atoms with Crippen LogP contribution in [0.5, 0.6) is 0 Å². The van der Waals surface area contributed by atoms with Gasteiger partial charge in [-0.25, -0.2) is 0 Å². The lowest BCUT2D eigenvalue weighted by molar-refractivity contribution is 0.635. The van der Waals surface area contributed by atoms with Crippen LogP contribution in [0.1, 0.15) is 33.1 Å². The predicted molar refractivity (Wildman–Crippen MR) is 75.9 cm³/mol. The van der Waals surface area contributed by atoms with E-state index >= 15 is 0 Å². The van der Waals surface area contributed by atoms with Gasteiger partial charge in [0.1, 0.15) is 0 Å². The number of nitrogen functional groups attached to an aromatic ring is 1. The molecule has 1 aliphatic heterocycles. The van der Waals surface area contributed by atoms with Crippen LogP contribution < -0.4 is 10.6 Å². The van der Waals surface area contributed by atoms with Crippen LogP contribution in [0, 0.1) is 5.92 Å². The Hall–Kier alpha value is -1.04. The average molecular weight is 267 g/mol. The van der Waals surface area contributed by atoms with E-state index in [1.54, 1.807) is 11.8 Å². The first-order valence-electron chi connectivity index (χ1n) is 6.58. The van der Waals surface area contributed by atoms with Crippen LogP contribution in [0.25, 0.3) is 0 Å². The van der Waals surface area contributed by atoms with Crippen LogP contribution in [-0.2, 0) is 0 Å². The Morgan fingerprint density at radius 1 is 1.28 bits per heavy atom. The molecule has 0 amide bonds. The summed E-state index contributed by atoms with van der Waals surface area (Å²) >= 11 is 1.67. The molecule has 0 bridgehead atoms. The molecule has 1 aromatic rings. The van der Waals surface area contributed by atoms with Crippen molar-refractivity contribution < 1.29 is 0 Å². The number of hydrogen-bond donors (Lipinski definition) is 1. The number of anilines is 2. The Morgan fingerprint density at radius 3 is 2.67 bits per heavy atom. The van der Waals surface area contributed by atoms with Gasteiger partial charge in [-0.2, -0.15) is 15.0 Å². The van der Waals surface area contributed by atoms with Gasteiger partial charge >= 0.3 is 0 Å². The Morgan fingerprint density at radius 2 is 2.00 bits per heavy atom. The van der Waals surface area contributed by atoms with Gasteiger partial charge in [0.15, 0.2) is 5.16 Å². The fourth-order valence-electron chi connectivity index (χ4n) is 1.82. The third kappa shape index (κ3) is 3.48. The van der Waals surface area contributed by atoms with Gasteiger partial charge < -0.3 is 10.6 Å². The Kier molecular flexibility index (Phi) is 4.63. The summed E-state index contributed by atoms with van der Waals surface area (Å²) in [4.78, 5) is 15.1. The molecule has 2 heterocycles. The summed E-state index contributed by atoms with van der Waals surface area (Å²) in [6.07, 6.45) is 3.59. The van der Waals surface area contributed by atoms with Gasteiger partial charge in [-0.3, -0.25) is 0 Å². The molecule has 2 rings (SSSR count).